The summed E-state index contributed by atoms with van der Waals surface area (Å²) in [4.78, 5) is 22.4. The number of nitrogens with zero attached hydrogens (tertiary/aromatic N) is 3. The molecule has 0 radical (unpaired) electrons. The minimum Gasteiger partial charge on any atom is -0.378 e. The van der Waals surface area contributed by atoms with E-state index >= 15 is 0 Å². The van der Waals surface area contributed by atoms with Crippen LogP contribution in [0, 0.1) is 0 Å². The van der Waals surface area contributed by atoms with Gasteiger partial charge in [0.15, 0.2) is 0 Å². The average Bonchev–Trinajstić information content (AvgIpc) is 2.60. The smallest absolute Gasteiger partial charge is 0.274 e. The molecule has 1 saturated heterocycles. The number of rotatable bonds is 3. The number of amides is 1. The van der Waals surface area contributed by atoms with Gasteiger partial charge < -0.3 is 15.0 Å². The molecular weight excluding hydrogens is 339 g/mol. The number of carbonyl (C=O) groups excluding carboxylic acids is 1. The molecule has 1 aromatic carbocycles. The maximum Gasteiger partial charge on any atom is 0.274 e. The molecular formula is C15H14Cl2N4O2. The van der Waals surface area contributed by atoms with Gasteiger partial charge in [-0.25, -0.2) is 9.97 Å². The molecule has 0 bridgehead atoms. The Morgan fingerprint density at radius 3 is 2.65 bits per heavy atom. The van der Waals surface area contributed by atoms with Crippen molar-refractivity contribution >= 4 is 40.6 Å². The predicted molar refractivity (Wildman–Crippen MR) is 88.5 cm³/mol. The van der Waals surface area contributed by atoms with E-state index in [1.54, 1.807) is 23.1 Å². The Morgan fingerprint density at radius 1 is 1.17 bits per heavy atom. The third kappa shape index (κ3) is 3.72. The summed E-state index contributed by atoms with van der Waals surface area (Å²) in [5.74, 6) is 0.334. The fraction of sp³-hybridized carbons (Fsp3) is 0.267. The van der Waals surface area contributed by atoms with E-state index in [1.807, 2.05) is 0 Å². The molecule has 2 aromatic rings. The molecule has 0 atom stereocenters. The normalized spacial score (nSPS) is 14.6. The fourth-order valence-corrected chi connectivity index (χ4v) is 2.52. The van der Waals surface area contributed by atoms with Gasteiger partial charge in [-0.3, -0.25) is 4.79 Å². The summed E-state index contributed by atoms with van der Waals surface area (Å²) < 4.78 is 5.23. The first-order valence-electron chi connectivity index (χ1n) is 7.05. The summed E-state index contributed by atoms with van der Waals surface area (Å²) in [6.45, 7) is 2.23. The first kappa shape index (κ1) is 16.0. The van der Waals surface area contributed by atoms with Crippen LogP contribution < -0.4 is 5.32 Å². The van der Waals surface area contributed by atoms with Crippen molar-refractivity contribution in [1.29, 1.82) is 0 Å². The molecule has 2 heterocycles. The molecule has 0 aliphatic carbocycles. The molecule has 6 nitrogen and oxygen atoms in total. The summed E-state index contributed by atoms with van der Waals surface area (Å²) in [6.07, 6.45) is 2.93. The Hall–Kier alpha value is -1.89. The topological polar surface area (TPSA) is 67.4 Å². The summed E-state index contributed by atoms with van der Waals surface area (Å²) in [5.41, 5.74) is 0.926. The van der Waals surface area contributed by atoms with Crippen LogP contribution in [0.2, 0.25) is 10.0 Å². The molecule has 23 heavy (non-hydrogen) atoms. The van der Waals surface area contributed by atoms with Crippen molar-refractivity contribution in [3.63, 3.8) is 0 Å². The monoisotopic (exact) mass is 352 g/mol. The van der Waals surface area contributed by atoms with Crippen LogP contribution in [0.4, 0.5) is 11.5 Å². The highest BCUT2D eigenvalue weighted by Gasteiger charge is 2.19. The highest BCUT2D eigenvalue weighted by Crippen LogP contribution is 2.31. The van der Waals surface area contributed by atoms with E-state index in [0.717, 1.165) is 0 Å². The van der Waals surface area contributed by atoms with Crippen molar-refractivity contribution in [2.75, 3.05) is 31.6 Å². The maximum absolute atomic E-state index is 12.3. The first-order chi connectivity index (χ1) is 11.1. The van der Waals surface area contributed by atoms with Crippen molar-refractivity contribution in [3.8, 4) is 0 Å². The maximum atomic E-state index is 12.3. The van der Waals surface area contributed by atoms with Crippen LogP contribution in [0.5, 0.6) is 0 Å². The SMILES string of the molecule is O=C(c1cnc(Nc2cccc(Cl)c2Cl)cn1)N1CCOCC1. The Kier molecular flexibility index (Phi) is 4.95. The Bertz CT molecular complexity index is 703. The van der Waals surface area contributed by atoms with Gasteiger partial charge in [-0.15, -0.1) is 0 Å². The fourth-order valence-electron chi connectivity index (χ4n) is 2.17. The van der Waals surface area contributed by atoms with E-state index in [4.69, 9.17) is 27.9 Å². The predicted octanol–water partition coefficient (Wildman–Crippen LogP) is 3.00. The molecule has 1 aliphatic heterocycles. The standard InChI is InChI=1S/C15H14Cl2N4O2/c16-10-2-1-3-11(14(10)17)20-13-9-18-12(8-19-13)15(22)21-4-6-23-7-5-21/h1-3,8-9H,4-7H2,(H,19,20). The van der Waals surface area contributed by atoms with Gasteiger partial charge in [-0.2, -0.15) is 0 Å². The molecule has 1 fully saturated rings. The molecule has 0 saturated carbocycles. The zero-order chi connectivity index (χ0) is 16.2. The van der Waals surface area contributed by atoms with Gasteiger partial charge in [-0.1, -0.05) is 29.3 Å². The van der Waals surface area contributed by atoms with E-state index in [9.17, 15) is 4.79 Å². The molecule has 0 spiro atoms. The number of nitrogens with one attached hydrogen (secondary N) is 1. The minimum absolute atomic E-state index is 0.145. The molecule has 1 N–H and O–H groups in total. The summed E-state index contributed by atoms with van der Waals surface area (Å²) in [7, 11) is 0. The van der Waals surface area contributed by atoms with Crippen molar-refractivity contribution in [2.45, 2.75) is 0 Å². The van der Waals surface area contributed by atoms with Gasteiger partial charge in [-0.05, 0) is 12.1 Å². The van der Waals surface area contributed by atoms with Crippen LogP contribution in [0.25, 0.3) is 0 Å². The van der Waals surface area contributed by atoms with Crippen LogP contribution in [0.3, 0.4) is 0 Å². The van der Waals surface area contributed by atoms with Crippen molar-refractivity contribution in [3.05, 3.63) is 46.3 Å². The van der Waals surface area contributed by atoms with Crippen LogP contribution in [-0.4, -0.2) is 47.1 Å². The lowest BCUT2D eigenvalue weighted by atomic mass is 10.3. The lowest BCUT2D eigenvalue weighted by Gasteiger charge is -2.26. The third-order valence-corrected chi connectivity index (χ3v) is 4.20. The van der Waals surface area contributed by atoms with Crippen molar-refractivity contribution < 1.29 is 9.53 Å². The van der Waals surface area contributed by atoms with Crippen LogP contribution in [0.1, 0.15) is 10.5 Å². The van der Waals surface area contributed by atoms with Crippen molar-refractivity contribution in [1.82, 2.24) is 14.9 Å². The van der Waals surface area contributed by atoms with Crippen molar-refractivity contribution in [2.24, 2.45) is 0 Å². The van der Waals surface area contributed by atoms with Gasteiger partial charge in [0.1, 0.15) is 11.5 Å². The zero-order valence-electron chi connectivity index (χ0n) is 12.1. The summed E-state index contributed by atoms with van der Waals surface area (Å²) >= 11 is 12.1. The van der Waals surface area contributed by atoms with Gasteiger partial charge in [0, 0.05) is 13.1 Å². The highest BCUT2D eigenvalue weighted by atomic mass is 35.5. The van der Waals surface area contributed by atoms with E-state index in [1.165, 1.54) is 12.4 Å². The van der Waals surface area contributed by atoms with E-state index in [0.29, 0.717) is 53.5 Å². The molecule has 1 aliphatic rings. The van der Waals surface area contributed by atoms with E-state index < -0.39 is 0 Å². The summed E-state index contributed by atoms with van der Waals surface area (Å²) in [5, 5.41) is 3.88. The molecule has 0 unspecified atom stereocenters. The number of carbonyl (C=O) groups is 1. The quantitative estimate of drug-likeness (QED) is 0.919. The third-order valence-electron chi connectivity index (χ3n) is 3.38. The molecule has 1 amide bonds. The van der Waals surface area contributed by atoms with Gasteiger partial charge in [0.2, 0.25) is 0 Å². The second-order valence-corrected chi connectivity index (χ2v) is 5.70. The average molecular weight is 353 g/mol. The lowest BCUT2D eigenvalue weighted by molar-refractivity contribution is 0.0298. The Morgan fingerprint density at radius 2 is 1.96 bits per heavy atom. The second-order valence-electron chi connectivity index (χ2n) is 4.92. The van der Waals surface area contributed by atoms with Crippen LogP contribution in [0.15, 0.2) is 30.6 Å². The molecule has 1 aromatic heterocycles. The number of anilines is 2. The Balaban J connectivity index is 1.71. The minimum atomic E-state index is -0.145. The number of hydrogen-bond acceptors (Lipinski definition) is 5. The van der Waals surface area contributed by atoms with Gasteiger partial charge in [0.05, 0.1) is 41.3 Å². The van der Waals surface area contributed by atoms with Gasteiger partial charge in [0.25, 0.3) is 5.91 Å². The summed E-state index contributed by atoms with van der Waals surface area (Å²) in [6, 6.07) is 5.26. The number of morpholine rings is 1. The molecule has 3 rings (SSSR count). The number of hydrogen-bond donors (Lipinski definition) is 1. The van der Waals surface area contributed by atoms with Crippen LogP contribution in [-0.2, 0) is 4.74 Å². The molecule has 120 valence electrons. The van der Waals surface area contributed by atoms with Crippen LogP contribution >= 0.6 is 23.2 Å². The number of benzene rings is 1. The number of halogens is 2. The largest absolute Gasteiger partial charge is 0.378 e. The first-order valence-corrected chi connectivity index (χ1v) is 7.81. The lowest BCUT2D eigenvalue weighted by Crippen LogP contribution is -2.41. The highest BCUT2D eigenvalue weighted by molar-refractivity contribution is 6.43. The number of aromatic nitrogens is 2. The van der Waals surface area contributed by atoms with E-state index in [2.05, 4.69) is 15.3 Å². The second kappa shape index (κ2) is 7.12. The Labute approximate surface area is 143 Å². The number of ether oxygens (including phenoxy) is 1. The zero-order valence-corrected chi connectivity index (χ0v) is 13.6. The van der Waals surface area contributed by atoms with Gasteiger partial charge >= 0.3 is 0 Å². The van der Waals surface area contributed by atoms with E-state index in [-0.39, 0.29) is 5.91 Å². The molecule has 8 heteroatoms.